The van der Waals surface area contributed by atoms with Gasteiger partial charge in [-0.2, -0.15) is 0 Å². The van der Waals surface area contributed by atoms with Crippen molar-refractivity contribution in [2.75, 3.05) is 11.1 Å². The van der Waals surface area contributed by atoms with Crippen LogP contribution in [0.2, 0.25) is 0 Å². The highest BCUT2D eigenvalue weighted by Crippen LogP contribution is 2.40. The quantitative estimate of drug-likeness (QED) is 0.469. The topological polar surface area (TPSA) is 103 Å². The molecular formula is C15H17N5O3S. The third-order valence-corrected chi connectivity index (χ3v) is 4.68. The molecule has 1 fully saturated rings. The van der Waals surface area contributed by atoms with E-state index in [1.54, 1.807) is 12.1 Å². The molecule has 0 unspecified atom stereocenters. The Balaban J connectivity index is 1.63. The Morgan fingerprint density at radius 2 is 2.17 bits per heavy atom. The lowest BCUT2D eigenvalue weighted by Crippen LogP contribution is -2.15. The number of nitrogens with zero attached hydrogens (tertiary/aromatic N) is 4. The third-order valence-electron chi connectivity index (χ3n) is 3.71. The van der Waals surface area contributed by atoms with Gasteiger partial charge in [-0.3, -0.25) is 14.9 Å². The van der Waals surface area contributed by atoms with Crippen LogP contribution in [0.5, 0.6) is 0 Å². The van der Waals surface area contributed by atoms with Gasteiger partial charge in [0.1, 0.15) is 11.5 Å². The van der Waals surface area contributed by atoms with E-state index in [4.69, 9.17) is 0 Å². The van der Waals surface area contributed by atoms with Crippen LogP contribution in [-0.2, 0) is 11.3 Å². The zero-order valence-electron chi connectivity index (χ0n) is 13.1. The molecule has 1 amide bonds. The Bertz CT molecular complexity index is 772. The minimum Gasteiger partial charge on any atom is -0.320 e. The molecule has 1 N–H and O–H groups in total. The summed E-state index contributed by atoms with van der Waals surface area (Å²) in [6.07, 6.45) is 2.28. The number of hydrogen-bond acceptors (Lipinski definition) is 6. The zero-order valence-corrected chi connectivity index (χ0v) is 14.0. The number of amides is 1. The molecule has 0 aliphatic heterocycles. The maximum atomic E-state index is 12.1. The molecule has 1 aliphatic carbocycles. The highest BCUT2D eigenvalue weighted by atomic mass is 32.2. The number of carbonyl (C=O) groups is 1. The predicted molar refractivity (Wildman–Crippen MR) is 90.1 cm³/mol. The summed E-state index contributed by atoms with van der Waals surface area (Å²) in [6.45, 7) is 2.78. The highest BCUT2D eigenvalue weighted by Gasteiger charge is 2.30. The molecule has 3 rings (SSSR count). The van der Waals surface area contributed by atoms with Gasteiger partial charge in [0.25, 0.3) is 5.69 Å². The van der Waals surface area contributed by atoms with Crippen molar-refractivity contribution in [2.45, 2.75) is 37.4 Å². The first-order valence-corrected chi connectivity index (χ1v) is 8.68. The van der Waals surface area contributed by atoms with Crippen molar-refractivity contribution in [1.82, 2.24) is 14.8 Å². The number of nitro groups is 1. The average Bonchev–Trinajstić information content (AvgIpc) is 3.33. The Morgan fingerprint density at radius 3 is 2.83 bits per heavy atom. The normalized spacial score (nSPS) is 13.7. The van der Waals surface area contributed by atoms with Crippen LogP contribution in [0.25, 0.3) is 0 Å². The largest absolute Gasteiger partial charge is 0.320 e. The van der Waals surface area contributed by atoms with Crippen molar-refractivity contribution in [1.29, 1.82) is 0 Å². The number of hydrogen-bond donors (Lipinski definition) is 1. The van der Waals surface area contributed by atoms with Crippen molar-refractivity contribution in [3.63, 3.8) is 0 Å². The van der Waals surface area contributed by atoms with Crippen molar-refractivity contribution >= 4 is 29.0 Å². The van der Waals surface area contributed by atoms with Gasteiger partial charge in [0.2, 0.25) is 5.91 Å². The molecule has 2 aromatic rings. The van der Waals surface area contributed by atoms with Gasteiger partial charge in [0.05, 0.1) is 10.7 Å². The summed E-state index contributed by atoms with van der Waals surface area (Å²) in [5.41, 5.74) is 0.0762. The van der Waals surface area contributed by atoms with Crippen molar-refractivity contribution in [2.24, 2.45) is 0 Å². The van der Waals surface area contributed by atoms with E-state index < -0.39 is 4.92 Å². The number of aromatic nitrogens is 3. The maximum absolute atomic E-state index is 12.1. The van der Waals surface area contributed by atoms with E-state index in [2.05, 4.69) is 15.5 Å². The summed E-state index contributed by atoms with van der Waals surface area (Å²) < 4.78 is 2.03. The second kappa shape index (κ2) is 7.00. The standard InChI is InChI=1S/C15H17N5O3S/c1-2-19-14(10-7-8-10)17-18-15(19)24-9-13(21)16-11-5-3-4-6-12(11)20(22)23/h3-6,10H,2,7-9H2,1H3,(H,16,21). The average molecular weight is 347 g/mol. The van der Waals surface area contributed by atoms with Crippen molar-refractivity contribution in [3.8, 4) is 0 Å². The van der Waals surface area contributed by atoms with E-state index in [1.807, 2.05) is 11.5 Å². The molecular weight excluding hydrogens is 330 g/mol. The zero-order chi connectivity index (χ0) is 17.1. The van der Waals surface area contributed by atoms with E-state index >= 15 is 0 Å². The Labute approximate surface area is 142 Å². The number of thioether (sulfide) groups is 1. The van der Waals surface area contributed by atoms with Crippen LogP contribution in [-0.4, -0.2) is 31.3 Å². The molecule has 0 radical (unpaired) electrons. The maximum Gasteiger partial charge on any atom is 0.292 e. The van der Waals surface area contributed by atoms with Gasteiger partial charge in [-0.15, -0.1) is 10.2 Å². The Kier molecular flexibility index (Phi) is 4.79. The molecule has 126 valence electrons. The van der Waals surface area contributed by atoms with Gasteiger partial charge in [0.15, 0.2) is 5.16 Å². The fraction of sp³-hybridized carbons (Fsp3) is 0.400. The first-order valence-electron chi connectivity index (χ1n) is 7.69. The lowest BCUT2D eigenvalue weighted by atomic mass is 10.2. The number of rotatable bonds is 7. The SMILES string of the molecule is CCn1c(SCC(=O)Nc2ccccc2[N+](=O)[O-])nnc1C1CC1. The number of benzene rings is 1. The molecule has 1 heterocycles. The number of nitro benzene ring substituents is 1. The van der Waals surface area contributed by atoms with Gasteiger partial charge in [0, 0.05) is 18.5 Å². The summed E-state index contributed by atoms with van der Waals surface area (Å²) in [6, 6.07) is 6.08. The van der Waals surface area contributed by atoms with Crippen LogP contribution < -0.4 is 5.32 Å². The summed E-state index contributed by atoms with van der Waals surface area (Å²) in [4.78, 5) is 22.6. The molecule has 0 spiro atoms. The van der Waals surface area contributed by atoms with Crippen LogP contribution in [0.15, 0.2) is 29.4 Å². The van der Waals surface area contributed by atoms with E-state index in [0.717, 1.165) is 25.2 Å². The van der Waals surface area contributed by atoms with E-state index in [-0.39, 0.29) is 23.0 Å². The minimum absolute atomic E-state index is 0.120. The van der Waals surface area contributed by atoms with E-state index in [1.165, 1.54) is 23.9 Å². The molecule has 0 atom stereocenters. The molecule has 1 aromatic carbocycles. The third kappa shape index (κ3) is 3.56. The Morgan fingerprint density at radius 1 is 1.42 bits per heavy atom. The lowest BCUT2D eigenvalue weighted by molar-refractivity contribution is -0.383. The molecule has 24 heavy (non-hydrogen) atoms. The van der Waals surface area contributed by atoms with Crippen LogP contribution in [0.4, 0.5) is 11.4 Å². The number of carbonyl (C=O) groups excluding carboxylic acids is 1. The molecule has 9 heteroatoms. The minimum atomic E-state index is -0.515. The monoisotopic (exact) mass is 347 g/mol. The molecule has 0 bridgehead atoms. The summed E-state index contributed by atoms with van der Waals surface area (Å²) in [5, 5.41) is 22.6. The molecule has 1 aliphatic rings. The first-order chi connectivity index (χ1) is 11.6. The van der Waals surface area contributed by atoms with Gasteiger partial charge >= 0.3 is 0 Å². The number of para-hydroxylation sites is 2. The van der Waals surface area contributed by atoms with Crippen LogP contribution in [0.1, 0.15) is 31.5 Å². The van der Waals surface area contributed by atoms with E-state index in [9.17, 15) is 14.9 Å². The number of anilines is 1. The second-order valence-corrected chi connectivity index (χ2v) is 6.41. The van der Waals surface area contributed by atoms with Crippen LogP contribution in [0.3, 0.4) is 0 Å². The summed E-state index contributed by atoms with van der Waals surface area (Å²) >= 11 is 1.29. The smallest absolute Gasteiger partial charge is 0.292 e. The Hall–Kier alpha value is -2.42. The summed E-state index contributed by atoms with van der Waals surface area (Å²) in [7, 11) is 0. The predicted octanol–water partition coefficient (Wildman–Crippen LogP) is 2.81. The van der Waals surface area contributed by atoms with Gasteiger partial charge in [-0.05, 0) is 25.8 Å². The lowest BCUT2D eigenvalue weighted by Gasteiger charge is -2.07. The van der Waals surface area contributed by atoms with Gasteiger partial charge in [-0.25, -0.2) is 0 Å². The van der Waals surface area contributed by atoms with E-state index in [0.29, 0.717) is 11.1 Å². The molecule has 1 saturated carbocycles. The molecule has 1 aromatic heterocycles. The summed E-state index contributed by atoms with van der Waals surface area (Å²) in [5.74, 6) is 1.29. The van der Waals surface area contributed by atoms with Crippen LogP contribution >= 0.6 is 11.8 Å². The second-order valence-electron chi connectivity index (χ2n) is 5.47. The van der Waals surface area contributed by atoms with Gasteiger partial charge in [-0.1, -0.05) is 23.9 Å². The van der Waals surface area contributed by atoms with Crippen molar-refractivity contribution < 1.29 is 9.72 Å². The highest BCUT2D eigenvalue weighted by molar-refractivity contribution is 7.99. The van der Waals surface area contributed by atoms with Crippen molar-refractivity contribution in [3.05, 3.63) is 40.2 Å². The first kappa shape index (κ1) is 16.4. The van der Waals surface area contributed by atoms with Gasteiger partial charge < -0.3 is 9.88 Å². The fourth-order valence-corrected chi connectivity index (χ4v) is 3.21. The fourth-order valence-electron chi connectivity index (χ4n) is 2.40. The molecule has 8 nitrogen and oxygen atoms in total. The number of nitrogens with one attached hydrogen (secondary N) is 1. The van der Waals surface area contributed by atoms with Crippen LogP contribution in [0, 0.1) is 10.1 Å². The molecule has 0 saturated heterocycles.